The molecule has 3 rings (SSSR count). The minimum absolute atomic E-state index is 0.0430. The Morgan fingerprint density at radius 2 is 2.28 bits per heavy atom. The van der Waals surface area contributed by atoms with Crippen LogP contribution in [0.3, 0.4) is 0 Å². The fourth-order valence-electron chi connectivity index (χ4n) is 2.38. The Morgan fingerprint density at radius 3 is 3.06 bits per heavy atom. The lowest BCUT2D eigenvalue weighted by molar-refractivity contribution is -0.127. The molecule has 18 heavy (non-hydrogen) atoms. The number of hydrogen-bond acceptors (Lipinski definition) is 3. The van der Waals surface area contributed by atoms with Crippen molar-refractivity contribution >= 4 is 17.5 Å². The number of fused-ring (bicyclic) bond motifs is 1. The van der Waals surface area contributed by atoms with E-state index in [1.165, 1.54) is 0 Å². The molecule has 5 heteroatoms. The van der Waals surface area contributed by atoms with E-state index < -0.39 is 0 Å². The SMILES string of the molecule is O=C1CC(Cl)CN1CCc1cccc2c1OCO2. The Kier molecular flexibility index (Phi) is 3.04. The number of amides is 1. The summed E-state index contributed by atoms with van der Waals surface area (Å²) >= 11 is 5.97. The maximum absolute atomic E-state index is 11.6. The number of rotatable bonds is 3. The molecule has 1 amide bonds. The molecule has 0 aliphatic carbocycles. The zero-order chi connectivity index (χ0) is 12.5. The smallest absolute Gasteiger partial charge is 0.231 e. The van der Waals surface area contributed by atoms with Crippen molar-refractivity contribution in [3.63, 3.8) is 0 Å². The summed E-state index contributed by atoms with van der Waals surface area (Å²) in [7, 11) is 0. The summed E-state index contributed by atoms with van der Waals surface area (Å²) < 4.78 is 10.8. The number of hydrogen-bond donors (Lipinski definition) is 0. The second kappa shape index (κ2) is 4.69. The predicted octanol–water partition coefficient (Wildman–Crippen LogP) is 1.80. The highest BCUT2D eigenvalue weighted by Crippen LogP contribution is 2.35. The summed E-state index contributed by atoms with van der Waals surface area (Å²) in [5.74, 6) is 1.74. The summed E-state index contributed by atoms with van der Waals surface area (Å²) in [4.78, 5) is 13.4. The number of halogens is 1. The minimum Gasteiger partial charge on any atom is -0.454 e. The van der Waals surface area contributed by atoms with Crippen molar-refractivity contribution < 1.29 is 14.3 Å². The van der Waals surface area contributed by atoms with Gasteiger partial charge in [-0.2, -0.15) is 0 Å². The zero-order valence-corrected chi connectivity index (χ0v) is 10.7. The molecule has 4 nitrogen and oxygen atoms in total. The molecule has 1 saturated heterocycles. The molecule has 96 valence electrons. The highest BCUT2D eigenvalue weighted by Gasteiger charge is 2.28. The number of alkyl halides is 1. The van der Waals surface area contributed by atoms with Crippen molar-refractivity contribution in [2.45, 2.75) is 18.2 Å². The molecule has 0 aromatic heterocycles. The third-order valence-electron chi connectivity index (χ3n) is 3.30. The summed E-state index contributed by atoms with van der Waals surface area (Å²) in [6.45, 7) is 1.60. The Hall–Kier alpha value is -1.42. The Balaban J connectivity index is 1.67. The molecular formula is C13H14ClNO3. The van der Waals surface area contributed by atoms with Crippen molar-refractivity contribution in [2.75, 3.05) is 19.9 Å². The molecule has 0 saturated carbocycles. The van der Waals surface area contributed by atoms with E-state index >= 15 is 0 Å². The number of carbonyl (C=O) groups is 1. The largest absolute Gasteiger partial charge is 0.454 e. The zero-order valence-electron chi connectivity index (χ0n) is 9.89. The van der Waals surface area contributed by atoms with Crippen LogP contribution >= 0.6 is 11.6 Å². The first-order valence-electron chi connectivity index (χ1n) is 6.03. The van der Waals surface area contributed by atoms with Crippen LogP contribution in [0.4, 0.5) is 0 Å². The van der Waals surface area contributed by atoms with E-state index in [4.69, 9.17) is 21.1 Å². The number of likely N-dealkylation sites (tertiary alicyclic amines) is 1. The van der Waals surface area contributed by atoms with Crippen LogP contribution in [0.5, 0.6) is 11.5 Å². The van der Waals surface area contributed by atoms with E-state index in [1.807, 2.05) is 23.1 Å². The number of ether oxygens (including phenoxy) is 2. The van der Waals surface area contributed by atoms with Crippen LogP contribution in [0.25, 0.3) is 0 Å². The lowest BCUT2D eigenvalue weighted by atomic mass is 10.1. The summed E-state index contributed by atoms with van der Waals surface area (Å²) in [6.07, 6.45) is 1.22. The molecule has 1 fully saturated rings. The normalized spacial score (nSPS) is 21.7. The van der Waals surface area contributed by atoms with Gasteiger partial charge in [-0.25, -0.2) is 0 Å². The van der Waals surface area contributed by atoms with Gasteiger partial charge in [0.05, 0.1) is 5.38 Å². The van der Waals surface area contributed by atoms with Gasteiger partial charge in [0, 0.05) is 19.5 Å². The van der Waals surface area contributed by atoms with Gasteiger partial charge in [0.2, 0.25) is 12.7 Å². The lowest BCUT2D eigenvalue weighted by Gasteiger charge is -2.16. The number of benzene rings is 1. The minimum atomic E-state index is -0.0430. The standard InChI is InChI=1S/C13H14ClNO3/c14-10-6-12(16)15(7-10)5-4-9-2-1-3-11-13(9)18-8-17-11/h1-3,10H,4-8H2. The van der Waals surface area contributed by atoms with E-state index in [0.717, 1.165) is 23.5 Å². The number of nitrogens with zero attached hydrogens (tertiary/aromatic N) is 1. The molecular weight excluding hydrogens is 254 g/mol. The molecule has 0 spiro atoms. The number of para-hydroxylation sites is 1. The van der Waals surface area contributed by atoms with Crippen LogP contribution in [0.2, 0.25) is 0 Å². The van der Waals surface area contributed by atoms with Crippen molar-refractivity contribution in [1.29, 1.82) is 0 Å². The Labute approximate surface area is 110 Å². The van der Waals surface area contributed by atoms with Gasteiger partial charge in [-0.15, -0.1) is 11.6 Å². The number of carbonyl (C=O) groups excluding carboxylic acids is 1. The maximum atomic E-state index is 11.6. The van der Waals surface area contributed by atoms with Crippen molar-refractivity contribution in [3.05, 3.63) is 23.8 Å². The monoisotopic (exact) mass is 267 g/mol. The predicted molar refractivity (Wildman–Crippen MR) is 67.1 cm³/mol. The summed E-state index contributed by atoms with van der Waals surface area (Å²) in [6, 6.07) is 5.84. The lowest BCUT2D eigenvalue weighted by Crippen LogP contribution is -2.27. The molecule has 0 N–H and O–H groups in total. The maximum Gasteiger partial charge on any atom is 0.231 e. The van der Waals surface area contributed by atoms with Crippen LogP contribution in [-0.4, -0.2) is 36.1 Å². The van der Waals surface area contributed by atoms with E-state index in [9.17, 15) is 4.79 Å². The van der Waals surface area contributed by atoms with Crippen LogP contribution in [0, 0.1) is 0 Å². The molecule has 2 aliphatic rings. The second-order valence-electron chi connectivity index (χ2n) is 4.54. The highest BCUT2D eigenvalue weighted by atomic mass is 35.5. The van der Waals surface area contributed by atoms with Gasteiger partial charge < -0.3 is 14.4 Å². The van der Waals surface area contributed by atoms with Crippen molar-refractivity contribution in [2.24, 2.45) is 0 Å². The van der Waals surface area contributed by atoms with E-state index in [2.05, 4.69) is 0 Å². The van der Waals surface area contributed by atoms with E-state index in [-0.39, 0.29) is 18.1 Å². The van der Waals surface area contributed by atoms with Gasteiger partial charge in [-0.3, -0.25) is 4.79 Å². The first-order chi connectivity index (χ1) is 8.74. The quantitative estimate of drug-likeness (QED) is 0.784. The molecule has 1 aromatic carbocycles. The van der Waals surface area contributed by atoms with Gasteiger partial charge >= 0.3 is 0 Å². The van der Waals surface area contributed by atoms with Crippen molar-refractivity contribution in [1.82, 2.24) is 4.90 Å². The summed E-state index contributed by atoms with van der Waals surface area (Å²) in [5, 5.41) is -0.0430. The fraction of sp³-hybridized carbons (Fsp3) is 0.462. The van der Waals surface area contributed by atoms with Gasteiger partial charge in [0.1, 0.15) is 0 Å². The van der Waals surface area contributed by atoms with E-state index in [0.29, 0.717) is 19.5 Å². The van der Waals surface area contributed by atoms with Crippen LogP contribution < -0.4 is 9.47 Å². The van der Waals surface area contributed by atoms with Gasteiger partial charge in [-0.1, -0.05) is 12.1 Å². The van der Waals surface area contributed by atoms with Crippen LogP contribution in [0.1, 0.15) is 12.0 Å². The van der Waals surface area contributed by atoms with Gasteiger partial charge in [0.15, 0.2) is 11.5 Å². The van der Waals surface area contributed by atoms with Crippen molar-refractivity contribution in [3.8, 4) is 11.5 Å². The average Bonchev–Trinajstić information content (AvgIpc) is 2.93. The molecule has 1 unspecified atom stereocenters. The molecule has 1 atom stereocenters. The third-order valence-corrected chi connectivity index (χ3v) is 3.59. The Morgan fingerprint density at radius 1 is 1.39 bits per heavy atom. The molecule has 1 aromatic rings. The second-order valence-corrected chi connectivity index (χ2v) is 5.16. The van der Waals surface area contributed by atoms with Gasteiger partial charge in [0.25, 0.3) is 0 Å². The third kappa shape index (κ3) is 2.12. The van der Waals surface area contributed by atoms with Crippen LogP contribution in [-0.2, 0) is 11.2 Å². The Bertz CT molecular complexity index is 477. The molecule has 2 heterocycles. The molecule has 2 aliphatic heterocycles. The summed E-state index contributed by atoms with van der Waals surface area (Å²) in [5.41, 5.74) is 1.08. The topological polar surface area (TPSA) is 38.8 Å². The van der Waals surface area contributed by atoms with E-state index in [1.54, 1.807) is 0 Å². The first-order valence-corrected chi connectivity index (χ1v) is 6.47. The van der Waals surface area contributed by atoms with Gasteiger partial charge in [-0.05, 0) is 18.1 Å². The first kappa shape index (κ1) is 11.7. The molecule has 0 bridgehead atoms. The fourth-order valence-corrected chi connectivity index (χ4v) is 2.68. The molecule has 0 radical (unpaired) electrons. The highest BCUT2D eigenvalue weighted by molar-refractivity contribution is 6.22. The van der Waals surface area contributed by atoms with Crippen LogP contribution in [0.15, 0.2) is 18.2 Å². The average molecular weight is 268 g/mol.